The Morgan fingerprint density at radius 2 is 2.15 bits per heavy atom. The molecular weight excluding hydrogens is 339 g/mol. The second-order valence-corrected chi connectivity index (χ2v) is 6.09. The van der Waals surface area contributed by atoms with E-state index in [-0.39, 0.29) is 17.5 Å². The van der Waals surface area contributed by atoms with Crippen molar-refractivity contribution in [1.29, 1.82) is 0 Å². The molecule has 7 nitrogen and oxygen atoms in total. The number of carbonyl (C=O) groups excluding carboxylic acids is 1. The maximum atomic E-state index is 13.6. The van der Waals surface area contributed by atoms with E-state index in [1.165, 1.54) is 18.2 Å². The number of anilines is 1. The van der Waals surface area contributed by atoms with E-state index >= 15 is 0 Å². The molecule has 0 radical (unpaired) electrons. The molecule has 0 saturated carbocycles. The number of benzene rings is 1. The van der Waals surface area contributed by atoms with Crippen LogP contribution in [0.4, 0.5) is 10.1 Å². The van der Waals surface area contributed by atoms with Gasteiger partial charge in [0.05, 0.1) is 23.6 Å². The third kappa shape index (κ3) is 3.74. The molecule has 136 valence electrons. The van der Waals surface area contributed by atoms with Gasteiger partial charge in [-0.1, -0.05) is 0 Å². The summed E-state index contributed by atoms with van der Waals surface area (Å²) in [5.41, 5.74) is 1.00. The van der Waals surface area contributed by atoms with E-state index in [0.29, 0.717) is 23.0 Å². The second kappa shape index (κ2) is 6.99. The fourth-order valence-electron chi connectivity index (χ4n) is 2.40. The Labute approximate surface area is 149 Å². The molecule has 1 N–H and O–H groups in total. The van der Waals surface area contributed by atoms with Crippen LogP contribution in [0.2, 0.25) is 0 Å². The van der Waals surface area contributed by atoms with Crippen LogP contribution in [0.15, 0.2) is 35.0 Å². The number of hydrogen-bond donors (Lipinski definition) is 1. The maximum Gasteiger partial charge on any atom is 0.278 e. The van der Waals surface area contributed by atoms with Crippen LogP contribution in [0.1, 0.15) is 30.1 Å². The van der Waals surface area contributed by atoms with E-state index in [4.69, 9.17) is 9.15 Å². The number of nitrogens with one attached hydrogen (secondary N) is 1. The van der Waals surface area contributed by atoms with Crippen LogP contribution in [-0.4, -0.2) is 26.8 Å². The van der Waals surface area contributed by atoms with Crippen LogP contribution in [0, 0.1) is 12.7 Å². The number of hydrogen-bond acceptors (Lipinski definition) is 5. The third-order valence-corrected chi connectivity index (χ3v) is 3.52. The van der Waals surface area contributed by atoms with Gasteiger partial charge in [0.15, 0.2) is 5.69 Å². The van der Waals surface area contributed by atoms with Crippen LogP contribution >= 0.6 is 0 Å². The number of aromatic nitrogens is 3. The summed E-state index contributed by atoms with van der Waals surface area (Å²) < 4.78 is 26.4. The summed E-state index contributed by atoms with van der Waals surface area (Å²) in [7, 11) is 1.77. The molecule has 1 aromatic carbocycles. The van der Waals surface area contributed by atoms with Gasteiger partial charge >= 0.3 is 0 Å². The number of oxazole rings is 1. The first-order valence-electron chi connectivity index (χ1n) is 8.07. The molecular formula is C18H19FN4O3. The molecule has 1 amide bonds. The lowest BCUT2D eigenvalue weighted by Crippen LogP contribution is -2.16. The minimum absolute atomic E-state index is 0.114. The number of carbonyl (C=O) groups is 1. The van der Waals surface area contributed by atoms with E-state index < -0.39 is 11.7 Å². The van der Waals surface area contributed by atoms with E-state index in [1.54, 1.807) is 31.0 Å². The average Bonchev–Trinajstić information content (AvgIpc) is 3.15. The van der Waals surface area contributed by atoms with Gasteiger partial charge in [0.1, 0.15) is 17.3 Å². The monoisotopic (exact) mass is 358 g/mol. The predicted molar refractivity (Wildman–Crippen MR) is 93.6 cm³/mol. The van der Waals surface area contributed by atoms with Crippen LogP contribution in [-0.2, 0) is 7.05 Å². The lowest BCUT2D eigenvalue weighted by molar-refractivity contribution is 0.102. The quantitative estimate of drug-likeness (QED) is 0.754. The maximum absolute atomic E-state index is 13.6. The van der Waals surface area contributed by atoms with E-state index in [9.17, 15) is 9.18 Å². The highest BCUT2D eigenvalue weighted by Crippen LogP contribution is 2.28. The minimum Gasteiger partial charge on any atom is -0.489 e. The van der Waals surface area contributed by atoms with Gasteiger partial charge in [-0.15, -0.1) is 0 Å². The van der Waals surface area contributed by atoms with E-state index in [2.05, 4.69) is 15.4 Å². The summed E-state index contributed by atoms with van der Waals surface area (Å²) in [6.07, 6.45) is 3.20. The molecule has 0 fully saturated rings. The number of aryl methyl sites for hydroxylation is 2. The molecule has 0 saturated heterocycles. The van der Waals surface area contributed by atoms with E-state index in [0.717, 1.165) is 0 Å². The van der Waals surface area contributed by atoms with E-state index in [1.807, 2.05) is 13.8 Å². The highest BCUT2D eigenvalue weighted by atomic mass is 19.1. The van der Waals surface area contributed by atoms with Crippen molar-refractivity contribution in [3.05, 3.63) is 47.9 Å². The van der Waals surface area contributed by atoms with Gasteiger partial charge in [0, 0.05) is 19.3 Å². The first kappa shape index (κ1) is 17.7. The predicted octanol–water partition coefficient (Wildman–Crippen LogP) is 3.56. The Morgan fingerprint density at radius 3 is 2.81 bits per heavy atom. The van der Waals surface area contributed by atoms with Crippen molar-refractivity contribution >= 4 is 11.6 Å². The van der Waals surface area contributed by atoms with Crippen molar-refractivity contribution in [1.82, 2.24) is 14.8 Å². The van der Waals surface area contributed by atoms with Gasteiger partial charge in [-0.25, -0.2) is 9.37 Å². The molecule has 26 heavy (non-hydrogen) atoms. The van der Waals surface area contributed by atoms with Crippen LogP contribution in [0.3, 0.4) is 0 Å². The zero-order valence-corrected chi connectivity index (χ0v) is 14.9. The molecule has 0 aliphatic carbocycles. The normalized spacial score (nSPS) is 11.0. The summed E-state index contributed by atoms with van der Waals surface area (Å²) >= 11 is 0. The van der Waals surface area contributed by atoms with Crippen molar-refractivity contribution in [2.45, 2.75) is 26.9 Å². The number of halogens is 1. The highest BCUT2D eigenvalue weighted by molar-refractivity contribution is 6.04. The van der Waals surface area contributed by atoms with Gasteiger partial charge in [-0.2, -0.15) is 5.10 Å². The standard InChI is InChI=1S/C18H19FN4O3/c1-10(2)25-15-6-5-13(19)7-14(15)21-17(24)16-11(3)26-18(22-16)12-8-20-23(4)9-12/h5-10H,1-4H3,(H,21,24). The van der Waals surface area contributed by atoms with Crippen LogP contribution in [0.5, 0.6) is 5.75 Å². The summed E-state index contributed by atoms with van der Waals surface area (Å²) in [6.45, 7) is 5.33. The Kier molecular flexibility index (Phi) is 4.75. The lowest BCUT2D eigenvalue weighted by Gasteiger charge is -2.14. The summed E-state index contributed by atoms with van der Waals surface area (Å²) in [6, 6.07) is 3.95. The Hall–Kier alpha value is -3.16. The summed E-state index contributed by atoms with van der Waals surface area (Å²) in [4.78, 5) is 16.8. The smallest absolute Gasteiger partial charge is 0.278 e. The van der Waals surface area contributed by atoms with Crippen LogP contribution in [0.25, 0.3) is 11.5 Å². The molecule has 0 aliphatic rings. The zero-order valence-electron chi connectivity index (χ0n) is 14.9. The number of rotatable bonds is 5. The fraction of sp³-hybridized carbons (Fsp3) is 0.278. The molecule has 0 aliphatic heterocycles. The molecule has 0 bridgehead atoms. The topological polar surface area (TPSA) is 82.2 Å². The molecule has 2 aromatic heterocycles. The van der Waals surface area contributed by atoms with Gasteiger partial charge in [0.2, 0.25) is 5.89 Å². The largest absolute Gasteiger partial charge is 0.489 e. The average molecular weight is 358 g/mol. The van der Waals surface area contributed by atoms with Crippen molar-refractivity contribution in [2.24, 2.45) is 7.05 Å². The second-order valence-electron chi connectivity index (χ2n) is 6.09. The van der Waals surface area contributed by atoms with Crippen LogP contribution < -0.4 is 10.1 Å². The Morgan fingerprint density at radius 1 is 1.38 bits per heavy atom. The lowest BCUT2D eigenvalue weighted by atomic mass is 10.2. The summed E-state index contributed by atoms with van der Waals surface area (Å²) in [5.74, 6) is 0.0241. The van der Waals surface area contributed by atoms with Gasteiger partial charge in [-0.3, -0.25) is 9.48 Å². The molecule has 0 atom stereocenters. The Bertz CT molecular complexity index is 946. The minimum atomic E-state index is -0.513. The SMILES string of the molecule is Cc1oc(-c2cnn(C)c2)nc1C(=O)Nc1cc(F)ccc1OC(C)C. The number of ether oxygens (including phenoxy) is 1. The molecule has 2 heterocycles. The molecule has 8 heteroatoms. The van der Waals surface area contributed by atoms with Gasteiger partial charge in [-0.05, 0) is 32.9 Å². The molecule has 0 unspecified atom stereocenters. The van der Waals surface area contributed by atoms with Crippen molar-refractivity contribution in [3.8, 4) is 17.2 Å². The van der Waals surface area contributed by atoms with Crippen molar-refractivity contribution in [2.75, 3.05) is 5.32 Å². The molecule has 3 rings (SSSR count). The zero-order chi connectivity index (χ0) is 18.8. The summed E-state index contributed by atoms with van der Waals surface area (Å²) in [5, 5.41) is 6.69. The van der Waals surface area contributed by atoms with Gasteiger partial charge in [0.25, 0.3) is 5.91 Å². The molecule has 0 spiro atoms. The van der Waals surface area contributed by atoms with Crippen molar-refractivity contribution < 1.29 is 18.3 Å². The van der Waals surface area contributed by atoms with Gasteiger partial charge < -0.3 is 14.5 Å². The third-order valence-electron chi connectivity index (χ3n) is 3.52. The first-order valence-corrected chi connectivity index (χ1v) is 8.07. The fourth-order valence-corrected chi connectivity index (χ4v) is 2.40. The Balaban J connectivity index is 1.87. The number of nitrogens with zero attached hydrogens (tertiary/aromatic N) is 3. The first-order chi connectivity index (χ1) is 12.3. The highest BCUT2D eigenvalue weighted by Gasteiger charge is 2.20. The molecule has 3 aromatic rings. The number of amides is 1. The van der Waals surface area contributed by atoms with Crippen molar-refractivity contribution in [3.63, 3.8) is 0 Å².